The molecule has 3 N–H and O–H groups in total. The molecule has 3 rings (SSSR count). The average Bonchev–Trinajstić information content (AvgIpc) is 3.02. The second-order valence-electron chi connectivity index (χ2n) is 6.64. The highest BCUT2D eigenvalue weighted by Crippen LogP contribution is 2.38. The summed E-state index contributed by atoms with van der Waals surface area (Å²) < 4.78 is 5.68. The Hall–Kier alpha value is -2.48. The third-order valence-electron chi connectivity index (χ3n) is 3.95. The number of thiazole rings is 1. The molecule has 0 saturated carbocycles. The number of nitrogens with two attached hydrogens (primary N) is 1. The fraction of sp³-hybridized carbons (Fsp3) is 0.375. The Balaban J connectivity index is 1.88. The number of primary amides is 1. The highest BCUT2D eigenvalue weighted by atomic mass is 32.1. The van der Waals surface area contributed by atoms with Crippen LogP contribution in [0.25, 0.3) is 0 Å². The lowest BCUT2D eigenvalue weighted by Crippen LogP contribution is -2.26. The Morgan fingerprint density at radius 2 is 2.08 bits per heavy atom. The molecular formula is C16H17N3O4S. The molecule has 1 aliphatic carbocycles. The molecule has 0 bridgehead atoms. The SMILES string of the molecule is Cc1c(C(=O)Nc2ncc(C(N)=O)s2)oc2c1C(=O)CC(C)(C)C2. The van der Waals surface area contributed by atoms with Crippen molar-refractivity contribution in [3.63, 3.8) is 0 Å². The molecule has 2 aromatic heterocycles. The number of ketones is 1. The summed E-state index contributed by atoms with van der Waals surface area (Å²) >= 11 is 0.979. The zero-order valence-corrected chi connectivity index (χ0v) is 14.4. The Kier molecular flexibility index (Phi) is 3.79. The third-order valence-corrected chi connectivity index (χ3v) is 4.88. The number of carbonyl (C=O) groups is 3. The van der Waals surface area contributed by atoms with E-state index in [-0.39, 0.29) is 27.0 Å². The zero-order valence-electron chi connectivity index (χ0n) is 13.6. The highest BCUT2D eigenvalue weighted by Gasteiger charge is 2.37. The second-order valence-corrected chi connectivity index (χ2v) is 7.67. The van der Waals surface area contributed by atoms with Crippen LogP contribution in [0.4, 0.5) is 5.13 Å². The van der Waals surface area contributed by atoms with E-state index in [1.165, 1.54) is 6.20 Å². The molecule has 24 heavy (non-hydrogen) atoms. The number of hydrogen-bond acceptors (Lipinski definition) is 6. The number of nitrogens with zero attached hydrogens (tertiary/aromatic N) is 1. The van der Waals surface area contributed by atoms with E-state index in [9.17, 15) is 14.4 Å². The van der Waals surface area contributed by atoms with Gasteiger partial charge in [0.2, 0.25) is 0 Å². The van der Waals surface area contributed by atoms with E-state index < -0.39 is 11.8 Å². The van der Waals surface area contributed by atoms with Crippen LogP contribution in [0.3, 0.4) is 0 Å². The first-order valence-corrected chi connectivity index (χ1v) is 8.22. The van der Waals surface area contributed by atoms with Gasteiger partial charge in [-0.05, 0) is 12.3 Å². The largest absolute Gasteiger partial charge is 0.455 e. The van der Waals surface area contributed by atoms with Gasteiger partial charge in [0, 0.05) is 18.4 Å². The second kappa shape index (κ2) is 5.55. The first-order valence-electron chi connectivity index (χ1n) is 7.40. The van der Waals surface area contributed by atoms with Crippen LogP contribution in [0.1, 0.15) is 62.2 Å². The third kappa shape index (κ3) is 2.84. The number of amides is 2. The fourth-order valence-corrected chi connectivity index (χ4v) is 3.56. The van der Waals surface area contributed by atoms with Crippen molar-refractivity contribution in [1.82, 2.24) is 4.98 Å². The highest BCUT2D eigenvalue weighted by molar-refractivity contribution is 7.17. The normalized spacial score (nSPS) is 15.9. The molecule has 0 aliphatic heterocycles. The molecule has 0 saturated heterocycles. The molecule has 2 heterocycles. The minimum Gasteiger partial charge on any atom is -0.455 e. The molecule has 0 unspecified atom stereocenters. The number of Topliss-reactive ketones (excluding diaryl/α,β-unsaturated/α-hetero) is 1. The van der Waals surface area contributed by atoms with E-state index >= 15 is 0 Å². The lowest BCUT2D eigenvalue weighted by Gasteiger charge is -2.27. The molecule has 126 valence electrons. The molecule has 0 atom stereocenters. The summed E-state index contributed by atoms with van der Waals surface area (Å²) in [7, 11) is 0. The van der Waals surface area contributed by atoms with Gasteiger partial charge in [0.25, 0.3) is 11.8 Å². The first-order chi connectivity index (χ1) is 11.2. The van der Waals surface area contributed by atoms with Crippen LogP contribution in [0.15, 0.2) is 10.6 Å². The van der Waals surface area contributed by atoms with Crippen molar-refractivity contribution in [2.24, 2.45) is 11.1 Å². The molecule has 2 aromatic rings. The van der Waals surface area contributed by atoms with Gasteiger partial charge in [0.15, 0.2) is 16.7 Å². The quantitative estimate of drug-likeness (QED) is 0.885. The van der Waals surface area contributed by atoms with Gasteiger partial charge in [-0.25, -0.2) is 4.98 Å². The molecule has 0 radical (unpaired) electrons. The Labute approximate surface area is 142 Å². The van der Waals surface area contributed by atoms with Gasteiger partial charge in [0.05, 0.1) is 11.8 Å². The smallest absolute Gasteiger partial charge is 0.293 e. The fourth-order valence-electron chi connectivity index (χ4n) is 2.90. The van der Waals surface area contributed by atoms with Crippen LogP contribution in [-0.2, 0) is 6.42 Å². The van der Waals surface area contributed by atoms with Gasteiger partial charge in [-0.2, -0.15) is 0 Å². The van der Waals surface area contributed by atoms with E-state index in [2.05, 4.69) is 10.3 Å². The van der Waals surface area contributed by atoms with E-state index in [1.54, 1.807) is 6.92 Å². The first kappa shape index (κ1) is 16.4. The van der Waals surface area contributed by atoms with Crippen LogP contribution in [0.2, 0.25) is 0 Å². The maximum absolute atomic E-state index is 12.4. The summed E-state index contributed by atoms with van der Waals surface area (Å²) in [5.74, 6) is -0.465. The van der Waals surface area contributed by atoms with E-state index in [4.69, 9.17) is 10.2 Å². The van der Waals surface area contributed by atoms with Gasteiger partial charge in [-0.15, -0.1) is 0 Å². The van der Waals surface area contributed by atoms with Gasteiger partial charge < -0.3 is 10.2 Å². The number of furan rings is 1. The van der Waals surface area contributed by atoms with Crippen LogP contribution in [-0.4, -0.2) is 22.6 Å². The van der Waals surface area contributed by atoms with Crippen LogP contribution < -0.4 is 11.1 Å². The predicted molar refractivity (Wildman–Crippen MR) is 88.5 cm³/mol. The monoisotopic (exact) mass is 347 g/mol. The topological polar surface area (TPSA) is 115 Å². The minimum absolute atomic E-state index is 0.00758. The molecular weight excluding hydrogens is 330 g/mol. The summed E-state index contributed by atoms with van der Waals surface area (Å²) in [4.78, 5) is 40.0. The number of fused-ring (bicyclic) bond motifs is 1. The van der Waals surface area contributed by atoms with Crippen molar-refractivity contribution in [2.75, 3.05) is 5.32 Å². The van der Waals surface area contributed by atoms with Crippen molar-refractivity contribution in [3.05, 3.63) is 33.7 Å². The molecule has 0 spiro atoms. The van der Waals surface area contributed by atoms with E-state index in [0.29, 0.717) is 29.7 Å². The van der Waals surface area contributed by atoms with Gasteiger partial charge in [0.1, 0.15) is 10.6 Å². The van der Waals surface area contributed by atoms with Crippen LogP contribution in [0, 0.1) is 12.3 Å². The number of carbonyl (C=O) groups excluding carboxylic acids is 3. The zero-order chi connectivity index (χ0) is 17.6. The van der Waals surface area contributed by atoms with Gasteiger partial charge in [-0.3, -0.25) is 19.7 Å². The average molecular weight is 347 g/mol. The lowest BCUT2D eigenvalue weighted by atomic mass is 9.76. The number of rotatable bonds is 3. The predicted octanol–water partition coefficient (Wildman–Crippen LogP) is 2.55. The van der Waals surface area contributed by atoms with Crippen molar-refractivity contribution >= 4 is 34.1 Å². The van der Waals surface area contributed by atoms with Crippen molar-refractivity contribution < 1.29 is 18.8 Å². The summed E-state index contributed by atoms with van der Waals surface area (Å²) in [5, 5.41) is 2.82. The summed E-state index contributed by atoms with van der Waals surface area (Å²) in [6.45, 7) is 5.68. The number of nitrogens with one attached hydrogen (secondary N) is 1. The molecule has 0 fully saturated rings. The minimum atomic E-state index is -0.606. The molecule has 1 aliphatic rings. The van der Waals surface area contributed by atoms with Crippen molar-refractivity contribution in [1.29, 1.82) is 0 Å². The van der Waals surface area contributed by atoms with Crippen LogP contribution in [0.5, 0.6) is 0 Å². The summed E-state index contributed by atoms with van der Waals surface area (Å²) in [6, 6.07) is 0. The van der Waals surface area contributed by atoms with E-state index in [1.807, 2.05) is 13.8 Å². The Morgan fingerprint density at radius 1 is 1.38 bits per heavy atom. The standard InChI is InChI=1S/C16H17N3O4S/c1-7-11-8(20)4-16(2,3)5-9(11)23-12(7)14(22)19-15-18-6-10(24-15)13(17)21/h6H,4-5H2,1-3H3,(H2,17,21)(H,18,19,22). The molecule has 2 amide bonds. The lowest BCUT2D eigenvalue weighted by molar-refractivity contribution is 0.0898. The maximum atomic E-state index is 12.4. The number of aromatic nitrogens is 1. The van der Waals surface area contributed by atoms with Crippen molar-refractivity contribution in [3.8, 4) is 0 Å². The summed E-state index contributed by atoms with van der Waals surface area (Å²) in [5.41, 5.74) is 6.02. The Bertz CT molecular complexity index is 863. The maximum Gasteiger partial charge on any atom is 0.293 e. The van der Waals surface area contributed by atoms with E-state index in [0.717, 1.165) is 11.3 Å². The van der Waals surface area contributed by atoms with Crippen LogP contribution >= 0.6 is 11.3 Å². The number of anilines is 1. The summed E-state index contributed by atoms with van der Waals surface area (Å²) in [6.07, 6.45) is 2.33. The molecule has 8 heteroatoms. The van der Waals surface area contributed by atoms with Crippen molar-refractivity contribution in [2.45, 2.75) is 33.6 Å². The van der Waals surface area contributed by atoms with Gasteiger partial charge in [-0.1, -0.05) is 25.2 Å². The molecule has 7 nitrogen and oxygen atoms in total. The number of hydrogen-bond donors (Lipinski definition) is 2. The van der Waals surface area contributed by atoms with Gasteiger partial charge >= 0.3 is 0 Å². The Morgan fingerprint density at radius 3 is 2.71 bits per heavy atom. The molecule has 0 aromatic carbocycles.